The SMILES string of the molecule is CCS(=O)(=O)c1cccc(N2CC(=Nc3cc(C)[nH]n3)n3cc(C)nc3C2)c1. The number of imidazole rings is 1. The van der Waals surface area contributed by atoms with Crippen LogP contribution in [0, 0.1) is 13.8 Å². The molecule has 0 aliphatic carbocycles. The lowest BCUT2D eigenvalue weighted by atomic mass is 10.2. The highest BCUT2D eigenvalue weighted by atomic mass is 32.2. The summed E-state index contributed by atoms with van der Waals surface area (Å²) in [6.45, 7) is 6.61. The van der Waals surface area contributed by atoms with E-state index in [1.165, 1.54) is 0 Å². The summed E-state index contributed by atoms with van der Waals surface area (Å²) in [4.78, 5) is 11.7. The van der Waals surface area contributed by atoms with Crippen LogP contribution in [0.4, 0.5) is 11.5 Å². The Hall–Kier alpha value is -2.94. The molecule has 0 saturated carbocycles. The first-order chi connectivity index (χ1) is 13.4. The largest absolute Gasteiger partial charge is 0.357 e. The van der Waals surface area contributed by atoms with Crippen LogP contribution in [0.3, 0.4) is 0 Å². The minimum Gasteiger partial charge on any atom is -0.357 e. The summed E-state index contributed by atoms with van der Waals surface area (Å²) >= 11 is 0. The Kier molecular flexibility index (Phi) is 4.54. The molecule has 8 nitrogen and oxygen atoms in total. The van der Waals surface area contributed by atoms with E-state index in [-0.39, 0.29) is 5.75 Å². The molecule has 28 heavy (non-hydrogen) atoms. The first kappa shape index (κ1) is 18.4. The number of aliphatic imine (C=N–C) groups is 1. The van der Waals surface area contributed by atoms with E-state index in [1.54, 1.807) is 25.1 Å². The van der Waals surface area contributed by atoms with E-state index in [4.69, 9.17) is 4.99 Å². The minimum absolute atomic E-state index is 0.0747. The molecule has 9 heteroatoms. The zero-order valence-electron chi connectivity index (χ0n) is 16.0. The maximum Gasteiger partial charge on any atom is 0.178 e. The number of aryl methyl sites for hydroxylation is 2. The molecule has 0 amide bonds. The van der Waals surface area contributed by atoms with Crippen LogP contribution in [0.2, 0.25) is 0 Å². The monoisotopic (exact) mass is 398 g/mol. The molecule has 0 saturated heterocycles. The molecule has 0 fully saturated rings. The van der Waals surface area contributed by atoms with Crippen molar-refractivity contribution in [3.63, 3.8) is 0 Å². The second kappa shape index (κ2) is 6.90. The predicted octanol–water partition coefficient (Wildman–Crippen LogP) is 2.62. The van der Waals surface area contributed by atoms with Crippen LogP contribution < -0.4 is 4.90 Å². The molecule has 146 valence electrons. The van der Waals surface area contributed by atoms with Crippen molar-refractivity contribution in [2.45, 2.75) is 32.2 Å². The summed E-state index contributed by atoms with van der Waals surface area (Å²) in [6, 6.07) is 8.93. The van der Waals surface area contributed by atoms with Gasteiger partial charge in [-0.2, -0.15) is 5.10 Å². The van der Waals surface area contributed by atoms with Gasteiger partial charge in [0.2, 0.25) is 0 Å². The lowest BCUT2D eigenvalue weighted by Crippen LogP contribution is -2.39. The third-order valence-electron chi connectivity index (χ3n) is 4.70. The second-order valence-corrected chi connectivity index (χ2v) is 9.14. The smallest absolute Gasteiger partial charge is 0.178 e. The maximum atomic E-state index is 12.3. The molecule has 0 spiro atoms. The average molecular weight is 398 g/mol. The summed E-state index contributed by atoms with van der Waals surface area (Å²) < 4.78 is 26.5. The number of nitrogens with one attached hydrogen (secondary N) is 1. The van der Waals surface area contributed by atoms with Crippen molar-refractivity contribution in [3.05, 3.63) is 53.7 Å². The molecule has 1 aliphatic rings. The number of fused-ring (bicyclic) bond motifs is 1. The Morgan fingerprint density at radius 3 is 2.75 bits per heavy atom. The lowest BCUT2D eigenvalue weighted by molar-refractivity contribution is 0.597. The van der Waals surface area contributed by atoms with Gasteiger partial charge in [0.1, 0.15) is 11.7 Å². The molecule has 1 N–H and O–H groups in total. The van der Waals surface area contributed by atoms with Gasteiger partial charge < -0.3 is 4.90 Å². The summed E-state index contributed by atoms with van der Waals surface area (Å²) in [6.07, 6.45) is 1.96. The van der Waals surface area contributed by atoms with Gasteiger partial charge in [-0.15, -0.1) is 0 Å². The molecule has 0 unspecified atom stereocenters. The molecule has 3 aromatic rings. The Morgan fingerprint density at radius 2 is 2.04 bits per heavy atom. The summed E-state index contributed by atoms with van der Waals surface area (Å²) in [5, 5.41) is 7.10. The van der Waals surface area contributed by atoms with E-state index in [0.29, 0.717) is 23.8 Å². The Balaban J connectivity index is 1.75. The number of nitrogens with zero attached hydrogens (tertiary/aromatic N) is 5. The fraction of sp³-hybridized carbons (Fsp3) is 0.316. The highest BCUT2D eigenvalue weighted by Gasteiger charge is 2.24. The van der Waals surface area contributed by atoms with Crippen LogP contribution in [-0.2, 0) is 16.4 Å². The van der Waals surface area contributed by atoms with Crippen molar-refractivity contribution in [3.8, 4) is 0 Å². The molecule has 2 aromatic heterocycles. The molecule has 1 aliphatic heterocycles. The van der Waals surface area contributed by atoms with Gasteiger partial charge in [0, 0.05) is 23.6 Å². The summed E-state index contributed by atoms with van der Waals surface area (Å²) in [5.41, 5.74) is 2.67. The van der Waals surface area contributed by atoms with Crippen molar-refractivity contribution in [1.29, 1.82) is 0 Å². The van der Waals surface area contributed by atoms with Crippen LogP contribution in [0.5, 0.6) is 0 Å². The zero-order valence-corrected chi connectivity index (χ0v) is 16.9. The molecule has 0 bridgehead atoms. The van der Waals surface area contributed by atoms with Crippen LogP contribution in [0.15, 0.2) is 46.4 Å². The third kappa shape index (κ3) is 3.45. The van der Waals surface area contributed by atoms with E-state index < -0.39 is 9.84 Å². The summed E-state index contributed by atoms with van der Waals surface area (Å²) in [7, 11) is -3.27. The number of rotatable bonds is 4. The van der Waals surface area contributed by atoms with Gasteiger partial charge in [-0.3, -0.25) is 9.67 Å². The van der Waals surface area contributed by atoms with Gasteiger partial charge >= 0.3 is 0 Å². The molecule has 0 atom stereocenters. The van der Waals surface area contributed by atoms with E-state index in [1.807, 2.05) is 36.7 Å². The molecule has 3 heterocycles. The highest BCUT2D eigenvalue weighted by molar-refractivity contribution is 7.91. The molecule has 0 radical (unpaired) electrons. The first-order valence-electron chi connectivity index (χ1n) is 9.08. The Labute approximate surface area is 163 Å². The highest BCUT2D eigenvalue weighted by Crippen LogP contribution is 2.25. The molecule has 1 aromatic carbocycles. The predicted molar refractivity (Wildman–Crippen MR) is 108 cm³/mol. The van der Waals surface area contributed by atoms with E-state index >= 15 is 0 Å². The lowest BCUT2D eigenvalue weighted by Gasteiger charge is -2.30. The first-order valence-corrected chi connectivity index (χ1v) is 10.7. The third-order valence-corrected chi connectivity index (χ3v) is 6.43. The van der Waals surface area contributed by atoms with E-state index in [2.05, 4.69) is 20.1 Å². The average Bonchev–Trinajstić information content (AvgIpc) is 3.26. The number of hydrogen-bond donors (Lipinski definition) is 1. The zero-order chi connectivity index (χ0) is 19.9. The van der Waals surface area contributed by atoms with Gasteiger partial charge in [0.15, 0.2) is 15.7 Å². The van der Waals surface area contributed by atoms with Gasteiger partial charge in [-0.25, -0.2) is 18.4 Å². The topological polar surface area (TPSA) is 96.2 Å². The quantitative estimate of drug-likeness (QED) is 0.729. The van der Waals surface area contributed by atoms with Gasteiger partial charge in [-0.05, 0) is 32.0 Å². The van der Waals surface area contributed by atoms with E-state index in [9.17, 15) is 8.42 Å². The Bertz CT molecular complexity index is 1160. The van der Waals surface area contributed by atoms with Crippen molar-refractivity contribution in [1.82, 2.24) is 19.7 Å². The molecule has 4 rings (SSSR count). The van der Waals surface area contributed by atoms with Crippen molar-refractivity contribution in [2.75, 3.05) is 17.2 Å². The standard InChI is InChI=1S/C19H22N6O2S/c1-4-28(26,27)16-7-5-6-15(9-16)24-11-18-20-14(3)10-25(18)19(12-24)21-17-8-13(2)22-23-17/h5-10H,4,11-12H2,1-3H3,(H,22,23). The number of aromatic nitrogens is 4. The number of H-pyrrole nitrogens is 1. The Morgan fingerprint density at radius 1 is 1.21 bits per heavy atom. The number of anilines is 1. The number of hydrogen-bond acceptors (Lipinski definition) is 6. The van der Waals surface area contributed by atoms with Crippen LogP contribution in [0.25, 0.3) is 0 Å². The van der Waals surface area contributed by atoms with Crippen molar-refractivity contribution in [2.24, 2.45) is 4.99 Å². The van der Waals surface area contributed by atoms with Crippen LogP contribution in [-0.4, -0.2) is 46.3 Å². The maximum absolute atomic E-state index is 12.3. The van der Waals surface area contributed by atoms with Crippen LogP contribution in [0.1, 0.15) is 24.1 Å². The fourth-order valence-corrected chi connectivity index (χ4v) is 4.18. The fourth-order valence-electron chi connectivity index (χ4n) is 3.26. The summed E-state index contributed by atoms with van der Waals surface area (Å²) in [5.74, 6) is 2.33. The van der Waals surface area contributed by atoms with Gasteiger partial charge in [0.25, 0.3) is 0 Å². The minimum atomic E-state index is -3.27. The molecular weight excluding hydrogens is 376 g/mol. The second-order valence-electron chi connectivity index (χ2n) is 6.86. The van der Waals surface area contributed by atoms with E-state index in [0.717, 1.165) is 28.7 Å². The van der Waals surface area contributed by atoms with Crippen LogP contribution >= 0.6 is 0 Å². The number of benzene rings is 1. The number of aromatic amines is 1. The van der Waals surface area contributed by atoms with Crippen molar-refractivity contribution < 1.29 is 8.42 Å². The van der Waals surface area contributed by atoms with Gasteiger partial charge in [0.05, 0.1) is 29.4 Å². The molecular formula is C19H22N6O2S. The van der Waals surface area contributed by atoms with Crippen molar-refractivity contribution >= 4 is 27.2 Å². The normalized spacial score (nSPS) is 15.8. The number of sulfone groups is 1. The van der Waals surface area contributed by atoms with Gasteiger partial charge in [-0.1, -0.05) is 13.0 Å².